The van der Waals surface area contributed by atoms with Crippen molar-refractivity contribution in [2.24, 2.45) is 4.99 Å². The summed E-state index contributed by atoms with van der Waals surface area (Å²) in [7, 11) is 0. The summed E-state index contributed by atoms with van der Waals surface area (Å²) in [6.07, 6.45) is 14.8. The van der Waals surface area contributed by atoms with Crippen LogP contribution in [-0.4, -0.2) is 26.6 Å². The summed E-state index contributed by atoms with van der Waals surface area (Å²) in [4.78, 5) is 23.6. The summed E-state index contributed by atoms with van der Waals surface area (Å²) in [6, 6.07) is 3.80. The SMILES string of the molecule is CCCc1cc2[nH]c1=Cc1cc(O)c([nH]1)C=C1NC(=CC1=O)C=C1C=CC(=N1)C=2. The quantitative estimate of drug-likeness (QED) is 0.637. The summed E-state index contributed by atoms with van der Waals surface area (Å²) in [6.45, 7) is 2.15. The number of allylic oxidation sites excluding steroid dienone is 4. The van der Waals surface area contributed by atoms with Crippen molar-refractivity contribution in [2.75, 3.05) is 0 Å². The third kappa shape index (κ3) is 3.29. The molecule has 5 heterocycles. The third-order valence-corrected chi connectivity index (χ3v) is 5.03. The topological polar surface area (TPSA) is 93.3 Å². The lowest BCUT2D eigenvalue weighted by atomic mass is 10.1. The Hall–Kier alpha value is -3.80. The van der Waals surface area contributed by atoms with E-state index in [4.69, 9.17) is 0 Å². The molecule has 0 unspecified atom stereocenters. The van der Waals surface area contributed by atoms with Crippen LogP contribution in [0.4, 0.5) is 0 Å². The molecule has 2 aromatic heterocycles. The van der Waals surface area contributed by atoms with Crippen molar-refractivity contribution in [1.82, 2.24) is 15.3 Å². The molecular weight excluding hydrogens is 364 g/mol. The van der Waals surface area contributed by atoms with Crippen LogP contribution in [0.25, 0.3) is 18.2 Å². The highest BCUT2D eigenvalue weighted by atomic mass is 16.3. The number of fused-ring (bicyclic) bond motifs is 7. The Kier molecular flexibility index (Phi) is 3.98. The van der Waals surface area contributed by atoms with E-state index in [1.807, 2.05) is 30.4 Å². The zero-order valence-electron chi connectivity index (χ0n) is 15.9. The van der Waals surface area contributed by atoms with Gasteiger partial charge in [-0.2, -0.15) is 0 Å². The molecule has 0 aliphatic carbocycles. The fourth-order valence-corrected chi connectivity index (χ4v) is 3.72. The molecule has 29 heavy (non-hydrogen) atoms. The second-order valence-corrected chi connectivity index (χ2v) is 7.31. The molecule has 3 aliphatic rings. The van der Waals surface area contributed by atoms with Crippen LogP contribution in [0.15, 0.2) is 58.5 Å². The van der Waals surface area contributed by atoms with Crippen molar-refractivity contribution in [3.63, 3.8) is 0 Å². The zero-order valence-corrected chi connectivity index (χ0v) is 15.9. The fourth-order valence-electron chi connectivity index (χ4n) is 3.72. The average molecular weight is 384 g/mol. The minimum atomic E-state index is -0.141. The van der Waals surface area contributed by atoms with Gasteiger partial charge in [0.2, 0.25) is 5.78 Å². The van der Waals surface area contributed by atoms with E-state index in [0.717, 1.165) is 40.6 Å². The Morgan fingerprint density at radius 2 is 1.93 bits per heavy atom. The highest BCUT2D eigenvalue weighted by Crippen LogP contribution is 2.24. The van der Waals surface area contributed by atoms with Gasteiger partial charge in [-0.05, 0) is 54.5 Å². The second-order valence-electron chi connectivity index (χ2n) is 7.31. The van der Waals surface area contributed by atoms with Gasteiger partial charge in [-0.3, -0.25) is 4.79 Å². The number of rotatable bonds is 2. The van der Waals surface area contributed by atoms with Crippen LogP contribution in [0.5, 0.6) is 5.75 Å². The van der Waals surface area contributed by atoms with E-state index in [2.05, 4.69) is 33.3 Å². The van der Waals surface area contributed by atoms with Gasteiger partial charge in [0.1, 0.15) is 5.75 Å². The fraction of sp³-hybridized carbons (Fsp3) is 0.130. The Morgan fingerprint density at radius 1 is 1.03 bits per heavy atom. The van der Waals surface area contributed by atoms with Crippen molar-refractivity contribution in [1.29, 1.82) is 0 Å². The van der Waals surface area contributed by atoms with E-state index >= 15 is 0 Å². The normalized spacial score (nSPS) is 17.1. The standard InChI is InChI=1S/C23H20N4O2/c1-2-3-13-6-16-7-14-4-5-15(24-14)8-17-10-22(28)20(26-17)12-21-23(29)11-18(27-21)9-19(13)25-16/h4-12,25-27,29H,2-3H2,1H3. The number of nitrogens with zero attached hydrogens (tertiary/aromatic N) is 1. The number of nitrogens with one attached hydrogen (secondary N) is 3. The zero-order chi connectivity index (χ0) is 20.0. The number of aromatic hydroxyl groups is 1. The predicted molar refractivity (Wildman–Crippen MR) is 113 cm³/mol. The van der Waals surface area contributed by atoms with Gasteiger partial charge in [0.25, 0.3) is 0 Å². The van der Waals surface area contributed by atoms with Crippen molar-refractivity contribution in [2.45, 2.75) is 19.8 Å². The number of carbonyl (C=O) groups is 1. The van der Waals surface area contributed by atoms with Crippen LogP contribution in [0, 0.1) is 0 Å². The van der Waals surface area contributed by atoms with E-state index in [9.17, 15) is 9.90 Å². The van der Waals surface area contributed by atoms with Crippen molar-refractivity contribution < 1.29 is 9.90 Å². The van der Waals surface area contributed by atoms with Gasteiger partial charge in [-0.15, -0.1) is 0 Å². The Morgan fingerprint density at radius 3 is 2.79 bits per heavy atom. The van der Waals surface area contributed by atoms with Gasteiger partial charge in [-0.25, -0.2) is 4.99 Å². The van der Waals surface area contributed by atoms with E-state index in [0.29, 0.717) is 17.1 Å². The highest BCUT2D eigenvalue weighted by Gasteiger charge is 2.18. The highest BCUT2D eigenvalue weighted by molar-refractivity contribution is 6.19. The first kappa shape index (κ1) is 17.3. The largest absolute Gasteiger partial charge is 0.506 e. The van der Waals surface area contributed by atoms with E-state index in [-0.39, 0.29) is 11.5 Å². The lowest BCUT2D eigenvalue weighted by Crippen LogP contribution is -2.13. The molecule has 144 valence electrons. The van der Waals surface area contributed by atoms with Gasteiger partial charge in [0, 0.05) is 34.2 Å². The summed E-state index contributed by atoms with van der Waals surface area (Å²) in [5.74, 6) is -0.0466. The summed E-state index contributed by atoms with van der Waals surface area (Å²) >= 11 is 0. The van der Waals surface area contributed by atoms with Gasteiger partial charge in [0.05, 0.1) is 22.8 Å². The van der Waals surface area contributed by atoms with Crippen LogP contribution in [0.3, 0.4) is 0 Å². The number of H-pyrrole nitrogens is 2. The second kappa shape index (κ2) is 6.67. The first-order chi connectivity index (χ1) is 14.1. The monoisotopic (exact) mass is 384 g/mol. The number of ketones is 1. The Bertz CT molecular complexity index is 1310. The van der Waals surface area contributed by atoms with E-state index in [1.54, 1.807) is 12.1 Å². The Balaban J connectivity index is 1.73. The van der Waals surface area contributed by atoms with Gasteiger partial charge >= 0.3 is 0 Å². The molecule has 0 aromatic carbocycles. The number of aromatic nitrogens is 2. The van der Waals surface area contributed by atoms with Gasteiger partial charge in [-0.1, -0.05) is 13.3 Å². The molecule has 6 nitrogen and oxygen atoms in total. The minimum Gasteiger partial charge on any atom is -0.506 e. The number of aliphatic imine (C=N–C) groups is 1. The molecule has 0 atom stereocenters. The Labute approximate surface area is 167 Å². The summed E-state index contributed by atoms with van der Waals surface area (Å²) in [5, 5.41) is 15.4. The third-order valence-electron chi connectivity index (χ3n) is 5.03. The maximum absolute atomic E-state index is 12.3. The van der Waals surface area contributed by atoms with Crippen LogP contribution in [0.2, 0.25) is 0 Å². The first-order valence-corrected chi connectivity index (χ1v) is 9.64. The summed E-state index contributed by atoms with van der Waals surface area (Å²) in [5.41, 5.74) is 5.14. The molecule has 6 heteroatoms. The lowest BCUT2D eigenvalue weighted by molar-refractivity contribution is -0.111. The van der Waals surface area contributed by atoms with Crippen LogP contribution in [0.1, 0.15) is 30.3 Å². The molecule has 4 N–H and O–H groups in total. The first-order valence-electron chi connectivity index (χ1n) is 9.64. The number of aromatic amines is 2. The van der Waals surface area contributed by atoms with Crippen molar-refractivity contribution in [3.05, 3.63) is 81.2 Å². The van der Waals surface area contributed by atoms with Crippen LogP contribution < -0.4 is 16.0 Å². The number of aryl methyl sites for hydroxylation is 1. The summed E-state index contributed by atoms with van der Waals surface area (Å²) < 4.78 is 0. The lowest BCUT2D eigenvalue weighted by Gasteiger charge is -2.01. The van der Waals surface area contributed by atoms with Crippen molar-refractivity contribution in [3.8, 4) is 5.75 Å². The van der Waals surface area contributed by atoms with Crippen LogP contribution >= 0.6 is 0 Å². The average Bonchev–Trinajstić information content (AvgIpc) is 3.41. The molecule has 0 fully saturated rings. The van der Waals surface area contributed by atoms with Gasteiger partial charge < -0.3 is 20.4 Å². The van der Waals surface area contributed by atoms with E-state index in [1.165, 1.54) is 11.6 Å². The molecule has 0 saturated carbocycles. The number of hydrogen-bond acceptors (Lipinski definition) is 4. The van der Waals surface area contributed by atoms with Crippen molar-refractivity contribution >= 4 is 29.7 Å². The molecule has 2 aromatic rings. The molecule has 5 rings (SSSR count). The number of carbonyl (C=O) groups excluding carboxylic acids is 1. The molecule has 3 aliphatic heterocycles. The smallest absolute Gasteiger partial charge is 0.204 e. The minimum absolute atomic E-state index is 0.0948. The maximum atomic E-state index is 12.3. The molecule has 0 radical (unpaired) electrons. The van der Waals surface area contributed by atoms with Crippen LogP contribution in [-0.2, 0) is 11.2 Å². The molecule has 0 spiro atoms. The molecular formula is C23H20N4O2. The molecule has 0 saturated heterocycles. The number of hydrogen-bond donors (Lipinski definition) is 4. The molecule has 8 bridgehead atoms. The predicted octanol–water partition coefficient (Wildman–Crippen LogP) is 1.92. The maximum Gasteiger partial charge on any atom is 0.204 e. The van der Waals surface area contributed by atoms with E-state index < -0.39 is 0 Å². The molecule has 0 amide bonds. The van der Waals surface area contributed by atoms with Gasteiger partial charge in [0.15, 0.2) is 0 Å².